The van der Waals surface area contributed by atoms with E-state index in [0.29, 0.717) is 36.0 Å². The standard InChI is InChI=1S/C26H30N2O4S2/c1-31-19-12-11-16(15-20(19)32-2)13-14-28-25(30)23-17-7-6-10-21(17)33-24(23)27-26(28)34-22-9-5-3-4-8-18(22)29/h11-12,15,22H,3-10,13-14H2,1-2H3/t22-/m0/s1. The molecule has 0 bridgehead atoms. The number of hydrogen-bond donors (Lipinski definition) is 0. The molecule has 0 unspecified atom stereocenters. The Kier molecular flexibility index (Phi) is 6.97. The number of thiophene rings is 1. The van der Waals surface area contributed by atoms with E-state index in [4.69, 9.17) is 14.5 Å². The van der Waals surface area contributed by atoms with Crippen molar-refractivity contribution in [2.45, 2.75) is 74.7 Å². The molecule has 1 fully saturated rings. The first-order valence-corrected chi connectivity index (χ1v) is 13.7. The van der Waals surface area contributed by atoms with E-state index in [9.17, 15) is 9.59 Å². The van der Waals surface area contributed by atoms with Crippen molar-refractivity contribution in [1.29, 1.82) is 0 Å². The molecule has 2 aliphatic carbocycles. The quantitative estimate of drug-likeness (QED) is 0.329. The molecule has 0 N–H and O–H groups in total. The molecule has 0 saturated heterocycles. The number of rotatable bonds is 7. The van der Waals surface area contributed by atoms with E-state index < -0.39 is 0 Å². The smallest absolute Gasteiger partial charge is 0.263 e. The molecular formula is C26H30N2O4S2. The van der Waals surface area contributed by atoms with E-state index in [1.165, 1.54) is 22.2 Å². The zero-order chi connectivity index (χ0) is 23.7. The van der Waals surface area contributed by atoms with Crippen molar-refractivity contribution in [3.63, 3.8) is 0 Å². The molecule has 1 aromatic carbocycles. The number of hydrogen-bond acceptors (Lipinski definition) is 7. The lowest BCUT2D eigenvalue weighted by Gasteiger charge is -2.17. The number of aromatic nitrogens is 2. The van der Waals surface area contributed by atoms with E-state index in [1.807, 2.05) is 22.8 Å². The maximum absolute atomic E-state index is 13.8. The van der Waals surface area contributed by atoms with Gasteiger partial charge in [-0.1, -0.05) is 30.7 Å². The normalized spacial score (nSPS) is 18.2. The number of benzene rings is 1. The van der Waals surface area contributed by atoms with Crippen molar-refractivity contribution >= 4 is 39.1 Å². The van der Waals surface area contributed by atoms with E-state index in [2.05, 4.69) is 0 Å². The van der Waals surface area contributed by atoms with Gasteiger partial charge in [0.05, 0.1) is 24.9 Å². The SMILES string of the molecule is COc1ccc(CCn2c(S[C@H]3CCCCCC3=O)nc3sc4c(c3c2=O)CCC4)cc1OC. The fourth-order valence-corrected chi connectivity index (χ4v) is 7.55. The predicted molar refractivity (Wildman–Crippen MR) is 137 cm³/mol. The van der Waals surface area contributed by atoms with Crippen LogP contribution >= 0.6 is 23.1 Å². The summed E-state index contributed by atoms with van der Waals surface area (Å²) in [5.74, 6) is 1.65. The Balaban J connectivity index is 1.51. The molecule has 1 saturated carbocycles. The monoisotopic (exact) mass is 498 g/mol. The van der Waals surface area contributed by atoms with Gasteiger partial charge in [-0.05, 0) is 61.8 Å². The summed E-state index contributed by atoms with van der Waals surface area (Å²) in [7, 11) is 3.25. The summed E-state index contributed by atoms with van der Waals surface area (Å²) in [6.45, 7) is 0.505. The van der Waals surface area contributed by atoms with Gasteiger partial charge in [-0.3, -0.25) is 14.2 Å². The largest absolute Gasteiger partial charge is 0.493 e. The Morgan fingerprint density at radius 2 is 1.91 bits per heavy atom. The number of carbonyl (C=O) groups excluding carboxylic acids is 1. The minimum absolute atomic E-state index is 0.0356. The predicted octanol–water partition coefficient (Wildman–Crippen LogP) is 5.20. The van der Waals surface area contributed by atoms with Gasteiger partial charge in [-0.15, -0.1) is 11.3 Å². The minimum Gasteiger partial charge on any atom is -0.493 e. The van der Waals surface area contributed by atoms with Gasteiger partial charge < -0.3 is 9.47 Å². The second-order valence-electron chi connectivity index (χ2n) is 9.00. The molecule has 2 heterocycles. The molecule has 0 radical (unpaired) electrons. The number of nitrogens with zero attached hydrogens (tertiary/aromatic N) is 2. The number of fused-ring (bicyclic) bond motifs is 3. The lowest BCUT2D eigenvalue weighted by atomic mass is 10.1. The highest BCUT2D eigenvalue weighted by molar-refractivity contribution is 8.00. The third-order valence-electron chi connectivity index (χ3n) is 6.86. The van der Waals surface area contributed by atoms with Gasteiger partial charge in [0.15, 0.2) is 16.7 Å². The second kappa shape index (κ2) is 10.1. The molecule has 0 amide bonds. The van der Waals surface area contributed by atoms with Crippen LogP contribution in [0.4, 0.5) is 0 Å². The van der Waals surface area contributed by atoms with Crippen molar-refractivity contribution in [3.05, 3.63) is 44.6 Å². The van der Waals surface area contributed by atoms with Gasteiger partial charge in [0.1, 0.15) is 10.6 Å². The van der Waals surface area contributed by atoms with Crippen LogP contribution in [0, 0.1) is 0 Å². The molecule has 1 atom stereocenters. The summed E-state index contributed by atoms with van der Waals surface area (Å²) >= 11 is 3.16. The Hall–Kier alpha value is -2.32. The number of ketones is 1. The number of ether oxygens (including phenoxy) is 2. The molecule has 6 nitrogen and oxygen atoms in total. The van der Waals surface area contributed by atoms with Crippen LogP contribution in [0.5, 0.6) is 11.5 Å². The van der Waals surface area contributed by atoms with Crippen molar-refractivity contribution < 1.29 is 14.3 Å². The summed E-state index contributed by atoms with van der Waals surface area (Å²) in [4.78, 5) is 33.7. The molecule has 3 aromatic rings. The topological polar surface area (TPSA) is 70.4 Å². The molecule has 2 aromatic heterocycles. The van der Waals surface area contributed by atoms with Crippen LogP contribution in [-0.4, -0.2) is 34.8 Å². The van der Waals surface area contributed by atoms with Gasteiger partial charge in [0.2, 0.25) is 0 Å². The molecule has 5 rings (SSSR count). The third-order valence-corrected chi connectivity index (χ3v) is 9.35. The number of methoxy groups -OCH3 is 2. The van der Waals surface area contributed by atoms with Crippen LogP contribution in [0.1, 0.15) is 54.5 Å². The number of Topliss-reactive ketones (excluding diaryl/α,β-unsaturated/α-hetero) is 1. The Bertz CT molecular complexity index is 1280. The highest BCUT2D eigenvalue weighted by Crippen LogP contribution is 2.37. The van der Waals surface area contributed by atoms with E-state index in [0.717, 1.165) is 60.7 Å². The summed E-state index contributed by atoms with van der Waals surface area (Å²) in [5, 5.41) is 1.35. The maximum Gasteiger partial charge on any atom is 0.263 e. The zero-order valence-electron chi connectivity index (χ0n) is 19.7. The van der Waals surface area contributed by atoms with Crippen LogP contribution in [0.15, 0.2) is 28.2 Å². The van der Waals surface area contributed by atoms with E-state index in [1.54, 1.807) is 25.6 Å². The molecular weight excluding hydrogens is 468 g/mol. The average molecular weight is 499 g/mol. The van der Waals surface area contributed by atoms with Crippen molar-refractivity contribution in [1.82, 2.24) is 9.55 Å². The van der Waals surface area contributed by atoms with Crippen LogP contribution < -0.4 is 15.0 Å². The molecule has 2 aliphatic rings. The van der Waals surface area contributed by atoms with Crippen molar-refractivity contribution in [2.75, 3.05) is 14.2 Å². The Labute approximate surface area is 207 Å². The van der Waals surface area contributed by atoms with Gasteiger partial charge in [-0.2, -0.15) is 0 Å². The van der Waals surface area contributed by atoms with Crippen molar-refractivity contribution in [3.8, 4) is 11.5 Å². The summed E-state index contributed by atoms with van der Waals surface area (Å²) in [6, 6.07) is 5.85. The highest BCUT2D eigenvalue weighted by atomic mass is 32.2. The fraction of sp³-hybridized carbons (Fsp3) is 0.500. The zero-order valence-corrected chi connectivity index (χ0v) is 21.4. The minimum atomic E-state index is -0.119. The third kappa shape index (κ3) is 4.50. The van der Waals surface area contributed by atoms with Gasteiger partial charge in [0.25, 0.3) is 5.56 Å². The van der Waals surface area contributed by atoms with Crippen LogP contribution in [-0.2, 0) is 30.6 Å². The van der Waals surface area contributed by atoms with E-state index >= 15 is 0 Å². The molecule has 0 aliphatic heterocycles. The number of thioether (sulfide) groups is 1. The highest BCUT2D eigenvalue weighted by Gasteiger charge is 2.27. The second-order valence-corrected chi connectivity index (χ2v) is 11.3. The molecule has 8 heteroatoms. The van der Waals surface area contributed by atoms with Gasteiger partial charge >= 0.3 is 0 Å². The fourth-order valence-electron chi connectivity index (χ4n) is 5.00. The lowest BCUT2D eigenvalue weighted by molar-refractivity contribution is -0.118. The first kappa shape index (κ1) is 23.4. The molecule has 0 spiro atoms. The first-order valence-electron chi connectivity index (χ1n) is 12.0. The average Bonchev–Trinajstić information content (AvgIpc) is 3.37. The van der Waals surface area contributed by atoms with Crippen LogP contribution in [0.3, 0.4) is 0 Å². The number of carbonyl (C=O) groups is 1. The number of aryl methyl sites for hydroxylation is 3. The van der Waals surface area contributed by atoms with Crippen LogP contribution in [0.25, 0.3) is 10.2 Å². The van der Waals surface area contributed by atoms with Crippen LogP contribution in [0.2, 0.25) is 0 Å². The first-order chi connectivity index (χ1) is 16.6. The Morgan fingerprint density at radius 3 is 2.74 bits per heavy atom. The summed E-state index contributed by atoms with van der Waals surface area (Å²) < 4.78 is 12.6. The van der Waals surface area contributed by atoms with Crippen molar-refractivity contribution in [2.24, 2.45) is 0 Å². The van der Waals surface area contributed by atoms with E-state index in [-0.39, 0.29) is 16.6 Å². The van der Waals surface area contributed by atoms with Gasteiger partial charge in [-0.25, -0.2) is 4.98 Å². The lowest BCUT2D eigenvalue weighted by Crippen LogP contribution is -2.26. The summed E-state index contributed by atoms with van der Waals surface area (Å²) in [5.41, 5.74) is 2.29. The molecule has 180 valence electrons. The Morgan fingerprint density at radius 1 is 1.06 bits per heavy atom. The van der Waals surface area contributed by atoms with Gasteiger partial charge in [0, 0.05) is 17.8 Å². The summed E-state index contributed by atoms with van der Waals surface area (Å²) in [6.07, 6.45) is 8.35. The maximum atomic E-state index is 13.8. The molecule has 34 heavy (non-hydrogen) atoms.